The van der Waals surface area contributed by atoms with Gasteiger partial charge in [-0.1, -0.05) is 19.1 Å². The number of nitrogens with one attached hydrogen (secondary N) is 1. The molecule has 1 aromatic heterocycles. The van der Waals surface area contributed by atoms with Gasteiger partial charge in [0.25, 0.3) is 0 Å². The molecular formula is C17H23N3O. The molecule has 0 aliphatic rings. The van der Waals surface area contributed by atoms with Crippen LogP contribution in [0.25, 0.3) is 0 Å². The zero-order chi connectivity index (χ0) is 15.4. The Balaban J connectivity index is 2.33. The van der Waals surface area contributed by atoms with Gasteiger partial charge in [0.2, 0.25) is 11.8 Å². The number of nitrogens with zero attached hydrogens (tertiary/aromatic N) is 2. The Morgan fingerprint density at radius 3 is 2.48 bits per heavy atom. The van der Waals surface area contributed by atoms with Crippen molar-refractivity contribution in [3.63, 3.8) is 0 Å². The molecule has 0 aliphatic carbocycles. The van der Waals surface area contributed by atoms with Crippen molar-refractivity contribution in [2.45, 2.75) is 41.0 Å². The summed E-state index contributed by atoms with van der Waals surface area (Å²) in [6.45, 7) is 11.1. The number of aryl methyl sites for hydroxylation is 3. The smallest absolute Gasteiger partial charge is 0.226 e. The van der Waals surface area contributed by atoms with Gasteiger partial charge in [0, 0.05) is 18.3 Å². The Morgan fingerprint density at radius 1 is 1.05 bits per heavy atom. The summed E-state index contributed by atoms with van der Waals surface area (Å²) in [5.41, 5.74) is 4.40. The first-order valence-corrected chi connectivity index (χ1v) is 7.35. The van der Waals surface area contributed by atoms with Gasteiger partial charge in [0.05, 0.1) is 0 Å². The fraction of sp³-hybridized carbons (Fsp3) is 0.412. The lowest BCUT2D eigenvalue weighted by Gasteiger charge is -2.15. The third-order valence-electron chi connectivity index (χ3n) is 3.53. The maximum absolute atomic E-state index is 6.08. The van der Waals surface area contributed by atoms with Gasteiger partial charge in [0.15, 0.2) is 0 Å². The topological polar surface area (TPSA) is 47.0 Å². The molecule has 0 radical (unpaired) electrons. The Labute approximate surface area is 126 Å². The Kier molecular flexibility index (Phi) is 4.78. The number of rotatable bonds is 5. The maximum Gasteiger partial charge on any atom is 0.226 e. The number of hydrogen-bond acceptors (Lipinski definition) is 4. The lowest BCUT2D eigenvalue weighted by Crippen LogP contribution is -2.06. The monoisotopic (exact) mass is 285 g/mol. The fourth-order valence-corrected chi connectivity index (χ4v) is 2.03. The van der Waals surface area contributed by atoms with Crippen LogP contribution in [-0.4, -0.2) is 16.5 Å². The Morgan fingerprint density at radius 2 is 1.76 bits per heavy atom. The van der Waals surface area contributed by atoms with E-state index in [1.165, 1.54) is 5.56 Å². The van der Waals surface area contributed by atoms with E-state index in [9.17, 15) is 0 Å². The molecule has 4 heteroatoms. The van der Waals surface area contributed by atoms with Gasteiger partial charge in [-0.2, -0.15) is 4.98 Å². The molecular weight excluding hydrogens is 262 g/mol. The second-order valence-electron chi connectivity index (χ2n) is 5.36. The third kappa shape index (κ3) is 3.51. The summed E-state index contributed by atoms with van der Waals surface area (Å²) in [5, 5.41) is 3.19. The zero-order valence-corrected chi connectivity index (χ0v) is 13.4. The van der Waals surface area contributed by atoms with Crippen molar-refractivity contribution in [3.8, 4) is 11.6 Å². The number of ether oxygens (including phenoxy) is 1. The van der Waals surface area contributed by atoms with Crippen LogP contribution < -0.4 is 10.1 Å². The van der Waals surface area contributed by atoms with Gasteiger partial charge in [-0.05, 0) is 50.8 Å². The van der Waals surface area contributed by atoms with Crippen molar-refractivity contribution in [1.82, 2.24) is 9.97 Å². The van der Waals surface area contributed by atoms with E-state index in [1.807, 2.05) is 6.92 Å². The van der Waals surface area contributed by atoms with Crippen LogP contribution in [0.15, 0.2) is 18.3 Å². The summed E-state index contributed by atoms with van der Waals surface area (Å²) >= 11 is 0. The summed E-state index contributed by atoms with van der Waals surface area (Å²) < 4.78 is 6.08. The van der Waals surface area contributed by atoms with Gasteiger partial charge in [0.1, 0.15) is 5.75 Å². The van der Waals surface area contributed by atoms with Crippen molar-refractivity contribution in [1.29, 1.82) is 0 Å². The quantitative estimate of drug-likeness (QED) is 0.888. The highest BCUT2D eigenvalue weighted by Crippen LogP contribution is 2.31. The minimum absolute atomic E-state index is 0.611. The summed E-state index contributed by atoms with van der Waals surface area (Å²) in [6.07, 6.45) is 2.82. The molecule has 0 amide bonds. The average molecular weight is 285 g/mol. The summed E-state index contributed by atoms with van der Waals surface area (Å²) in [7, 11) is 0. The first-order valence-electron chi connectivity index (χ1n) is 7.35. The molecule has 0 spiro atoms. The predicted molar refractivity (Wildman–Crippen MR) is 86.3 cm³/mol. The zero-order valence-electron chi connectivity index (χ0n) is 13.4. The number of aromatic nitrogens is 2. The lowest BCUT2D eigenvalue weighted by atomic mass is 10.1. The van der Waals surface area contributed by atoms with E-state index in [1.54, 1.807) is 6.20 Å². The molecule has 4 nitrogen and oxygen atoms in total. The first kappa shape index (κ1) is 15.3. The molecule has 21 heavy (non-hydrogen) atoms. The van der Waals surface area contributed by atoms with Crippen LogP contribution in [0, 0.1) is 27.7 Å². The average Bonchev–Trinajstić information content (AvgIpc) is 2.48. The van der Waals surface area contributed by atoms with Crippen LogP contribution in [0.1, 0.15) is 35.6 Å². The predicted octanol–water partition coefficient (Wildman–Crippen LogP) is 4.32. The van der Waals surface area contributed by atoms with Crippen molar-refractivity contribution in [2.75, 3.05) is 11.9 Å². The van der Waals surface area contributed by atoms with Gasteiger partial charge in [-0.3, -0.25) is 0 Å². The molecule has 0 unspecified atom stereocenters. The molecule has 0 fully saturated rings. The standard InChI is InChI=1S/C17H23N3O/c1-6-9-18-17-19-10-13(4)16(20-17)21-15-12(3)8-7-11(2)14(15)5/h7-8,10H,6,9H2,1-5H3,(H,18,19,20). The van der Waals surface area contributed by atoms with E-state index in [4.69, 9.17) is 4.74 Å². The highest BCUT2D eigenvalue weighted by Gasteiger charge is 2.11. The first-order chi connectivity index (χ1) is 10.0. The highest BCUT2D eigenvalue weighted by molar-refractivity contribution is 5.47. The van der Waals surface area contributed by atoms with Crippen LogP contribution in [0.5, 0.6) is 11.6 Å². The Bertz CT molecular complexity index is 638. The molecule has 1 aromatic carbocycles. The molecule has 0 bridgehead atoms. The molecule has 112 valence electrons. The van der Waals surface area contributed by atoms with E-state index in [2.05, 4.69) is 55.1 Å². The third-order valence-corrected chi connectivity index (χ3v) is 3.53. The van der Waals surface area contributed by atoms with Gasteiger partial charge >= 0.3 is 0 Å². The molecule has 1 heterocycles. The van der Waals surface area contributed by atoms with Crippen LogP contribution in [0.3, 0.4) is 0 Å². The van der Waals surface area contributed by atoms with Crippen LogP contribution in [-0.2, 0) is 0 Å². The molecule has 0 saturated heterocycles. The molecule has 0 saturated carbocycles. The van der Waals surface area contributed by atoms with Crippen LogP contribution >= 0.6 is 0 Å². The lowest BCUT2D eigenvalue weighted by molar-refractivity contribution is 0.451. The second-order valence-corrected chi connectivity index (χ2v) is 5.36. The summed E-state index contributed by atoms with van der Waals surface area (Å²) in [4.78, 5) is 8.75. The van der Waals surface area contributed by atoms with E-state index in [0.29, 0.717) is 11.8 Å². The van der Waals surface area contributed by atoms with Gasteiger partial charge < -0.3 is 10.1 Å². The van der Waals surface area contributed by atoms with E-state index < -0.39 is 0 Å². The molecule has 1 N–H and O–H groups in total. The van der Waals surface area contributed by atoms with Crippen molar-refractivity contribution < 1.29 is 4.74 Å². The minimum Gasteiger partial charge on any atom is -0.438 e. The molecule has 0 atom stereocenters. The largest absolute Gasteiger partial charge is 0.438 e. The summed E-state index contributed by atoms with van der Waals surface area (Å²) in [5.74, 6) is 2.11. The molecule has 2 aromatic rings. The number of benzene rings is 1. The molecule has 2 rings (SSSR count). The van der Waals surface area contributed by atoms with Crippen LogP contribution in [0.4, 0.5) is 5.95 Å². The van der Waals surface area contributed by atoms with Crippen molar-refractivity contribution in [3.05, 3.63) is 40.6 Å². The van der Waals surface area contributed by atoms with Gasteiger partial charge in [-0.15, -0.1) is 0 Å². The minimum atomic E-state index is 0.611. The summed E-state index contributed by atoms with van der Waals surface area (Å²) in [6, 6.07) is 4.18. The highest BCUT2D eigenvalue weighted by atomic mass is 16.5. The van der Waals surface area contributed by atoms with E-state index in [0.717, 1.165) is 35.4 Å². The fourth-order valence-electron chi connectivity index (χ4n) is 2.03. The number of anilines is 1. The van der Waals surface area contributed by atoms with E-state index >= 15 is 0 Å². The van der Waals surface area contributed by atoms with Crippen molar-refractivity contribution in [2.24, 2.45) is 0 Å². The van der Waals surface area contributed by atoms with Gasteiger partial charge in [-0.25, -0.2) is 4.98 Å². The SMILES string of the molecule is CCCNc1ncc(C)c(Oc2c(C)ccc(C)c2C)n1. The number of hydrogen-bond donors (Lipinski definition) is 1. The maximum atomic E-state index is 6.08. The van der Waals surface area contributed by atoms with Crippen molar-refractivity contribution >= 4 is 5.95 Å². The Hall–Kier alpha value is -2.10. The normalized spacial score (nSPS) is 10.5. The van der Waals surface area contributed by atoms with Crippen LogP contribution in [0.2, 0.25) is 0 Å². The van der Waals surface area contributed by atoms with E-state index in [-0.39, 0.29) is 0 Å². The second kappa shape index (κ2) is 6.57. The molecule has 0 aliphatic heterocycles.